The Morgan fingerprint density at radius 1 is 0.941 bits per heavy atom. The molecule has 34 heavy (non-hydrogen) atoms. The molecule has 6 atom stereocenters. The van der Waals surface area contributed by atoms with Crippen LogP contribution in [0.1, 0.15) is 16.8 Å². The van der Waals surface area contributed by atoms with Crippen LogP contribution in [0.2, 0.25) is 5.02 Å². The highest BCUT2D eigenvalue weighted by Crippen LogP contribution is 2.59. The Kier molecular flexibility index (Phi) is 6.04. The van der Waals surface area contributed by atoms with Crippen molar-refractivity contribution in [3.63, 3.8) is 0 Å². The van der Waals surface area contributed by atoms with Crippen molar-refractivity contribution in [1.82, 2.24) is 0 Å². The van der Waals surface area contributed by atoms with E-state index >= 15 is 0 Å². The molecule has 2 bridgehead atoms. The summed E-state index contributed by atoms with van der Waals surface area (Å²) in [6.45, 7) is -0.500. The minimum absolute atomic E-state index is 0.105. The molecule has 10 heteroatoms. The molecule has 176 valence electrons. The van der Waals surface area contributed by atoms with Gasteiger partial charge in [0.05, 0.1) is 44.6 Å². The predicted octanol–water partition coefficient (Wildman–Crippen LogP) is 4.11. The van der Waals surface area contributed by atoms with Crippen LogP contribution in [-0.2, 0) is 19.1 Å². The lowest BCUT2D eigenvalue weighted by molar-refractivity contribution is -0.123. The van der Waals surface area contributed by atoms with E-state index < -0.39 is 30.3 Å². The zero-order chi connectivity index (χ0) is 24.1. The maximum atomic E-state index is 13.1. The molecule has 2 saturated carbocycles. The molecule has 1 N–H and O–H groups in total. The van der Waals surface area contributed by atoms with Crippen molar-refractivity contribution >= 4 is 69.9 Å². The molecule has 2 aliphatic carbocycles. The highest BCUT2D eigenvalue weighted by atomic mass is 35.5. The van der Waals surface area contributed by atoms with E-state index in [1.807, 2.05) is 0 Å². The van der Waals surface area contributed by atoms with Crippen molar-refractivity contribution in [2.45, 2.75) is 17.2 Å². The number of nitrogens with zero attached hydrogens (tertiary/aromatic N) is 1. The summed E-state index contributed by atoms with van der Waals surface area (Å²) in [5.41, 5.74) is 0.957. The van der Waals surface area contributed by atoms with Gasteiger partial charge in [-0.1, -0.05) is 23.7 Å². The quantitative estimate of drug-likeness (QED) is 0.363. The fraction of sp³-hybridized carbons (Fsp3) is 0.333. The van der Waals surface area contributed by atoms with E-state index in [4.69, 9.17) is 39.5 Å². The Balaban J connectivity index is 1.22. The van der Waals surface area contributed by atoms with E-state index in [0.717, 1.165) is 0 Å². The van der Waals surface area contributed by atoms with Crippen LogP contribution in [0.25, 0.3) is 0 Å². The number of ether oxygens (including phenoxy) is 1. The smallest absolute Gasteiger partial charge is 0.338 e. The van der Waals surface area contributed by atoms with Gasteiger partial charge in [0, 0.05) is 0 Å². The van der Waals surface area contributed by atoms with Gasteiger partial charge >= 0.3 is 5.97 Å². The maximum Gasteiger partial charge on any atom is 0.338 e. The van der Waals surface area contributed by atoms with Gasteiger partial charge < -0.3 is 10.1 Å². The van der Waals surface area contributed by atoms with Crippen LogP contribution in [0.5, 0.6) is 0 Å². The van der Waals surface area contributed by atoms with Gasteiger partial charge in [-0.25, -0.2) is 4.79 Å². The molecule has 3 aliphatic rings. The average Bonchev–Trinajstić information content (AvgIpc) is 3.44. The molecule has 1 heterocycles. The molecule has 0 unspecified atom stereocenters. The lowest BCUT2D eigenvalue weighted by Crippen LogP contribution is -2.37. The van der Waals surface area contributed by atoms with Crippen LogP contribution in [0.4, 0.5) is 11.4 Å². The average molecular weight is 522 g/mol. The monoisotopic (exact) mass is 520 g/mol. The number of nitrogens with one attached hydrogen (secondary N) is 1. The molecule has 2 aromatic carbocycles. The van der Waals surface area contributed by atoms with Crippen molar-refractivity contribution in [1.29, 1.82) is 0 Å². The second kappa shape index (κ2) is 8.87. The van der Waals surface area contributed by atoms with Crippen molar-refractivity contribution in [3.8, 4) is 0 Å². The zero-order valence-corrected chi connectivity index (χ0v) is 19.9. The minimum Gasteiger partial charge on any atom is -0.452 e. The first kappa shape index (κ1) is 23.1. The third kappa shape index (κ3) is 3.76. The number of para-hydroxylation sites is 1. The van der Waals surface area contributed by atoms with Gasteiger partial charge in [0.25, 0.3) is 5.91 Å². The summed E-state index contributed by atoms with van der Waals surface area (Å²) in [5, 5.41) is 2.28. The van der Waals surface area contributed by atoms with E-state index in [0.29, 0.717) is 22.8 Å². The standard InChI is InChI=1S/C24H19Cl3N2O5/c25-15-3-1-2-4-16(15)28-17(30)10-34-24(33)11-5-7-12(8-6-11)29-22(31)18-13-9-14(19(18)23(29)32)21(27)20(13)26/h1-8,13-14,18-21H,9-10H2,(H,28,30)/t13-,14-,18-,19+,20-,21+/m1/s1. The number of hydrogen-bond donors (Lipinski definition) is 1. The number of esters is 1. The molecule has 0 spiro atoms. The second-order valence-corrected chi connectivity index (χ2v) is 10.1. The molecule has 2 aromatic rings. The maximum absolute atomic E-state index is 13.1. The Labute approximate surface area is 210 Å². The first-order valence-corrected chi connectivity index (χ1v) is 12.0. The molecular formula is C24H19Cl3N2O5. The molecule has 0 aromatic heterocycles. The minimum atomic E-state index is -0.718. The van der Waals surface area contributed by atoms with Gasteiger partial charge in [-0.2, -0.15) is 0 Å². The second-order valence-electron chi connectivity index (χ2n) is 8.67. The zero-order valence-electron chi connectivity index (χ0n) is 17.6. The number of carbonyl (C=O) groups is 4. The molecular weight excluding hydrogens is 503 g/mol. The van der Waals surface area contributed by atoms with Crippen molar-refractivity contribution < 1.29 is 23.9 Å². The lowest BCUT2D eigenvalue weighted by Gasteiger charge is -2.28. The molecule has 3 fully saturated rings. The number of carbonyl (C=O) groups excluding carboxylic acids is 4. The number of rotatable bonds is 5. The Bertz CT molecular complexity index is 1160. The van der Waals surface area contributed by atoms with Gasteiger partial charge in [-0.05, 0) is 54.7 Å². The molecule has 0 radical (unpaired) electrons. The van der Waals surface area contributed by atoms with Crippen LogP contribution >= 0.6 is 34.8 Å². The van der Waals surface area contributed by atoms with Gasteiger partial charge in [-0.3, -0.25) is 19.3 Å². The third-order valence-corrected chi connectivity index (χ3v) is 8.48. The fourth-order valence-corrected chi connectivity index (χ4v) is 6.39. The molecule has 3 amide bonds. The van der Waals surface area contributed by atoms with Gasteiger partial charge in [0.2, 0.25) is 11.8 Å². The van der Waals surface area contributed by atoms with E-state index in [9.17, 15) is 19.2 Å². The van der Waals surface area contributed by atoms with Gasteiger partial charge in [0.15, 0.2) is 6.61 Å². The topological polar surface area (TPSA) is 92.8 Å². The van der Waals surface area contributed by atoms with Crippen LogP contribution in [-0.4, -0.2) is 41.1 Å². The molecule has 5 rings (SSSR count). The van der Waals surface area contributed by atoms with Crippen LogP contribution < -0.4 is 10.2 Å². The predicted molar refractivity (Wildman–Crippen MR) is 127 cm³/mol. The van der Waals surface area contributed by atoms with E-state index in [1.165, 1.54) is 29.2 Å². The van der Waals surface area contributed by atoms with Crippen molar-refractivity contribution in [2.24, 2.45) is 23.7 Å². The number of amides is 3. The van der Waals surface area contributed by atoms with Gasteiger partial charge in [0.1, 0.15) is 0 Å². The summed E-state index contributed by atoms with van der Waals surface area (Å²) < 4.78 is 5.06. The summed E-state index contributed by atoms with van der Waals surface area (Å²) in [7, 11) is 0. The molecule has 1 saturated heterocycles. The first-order valence-electron chi connectivity index (χ1n) is 10.8. The summed E-state index contributed by atoms with van der Waals surface area (Å²) in [4.78, 5) is 51.7. The number of alkyl halides is 2. The van der Waals surface area contributed by atoms with E-state index in [-0.39, 0.29) is 40.0 Å². The van der Waals surface area contributed by atoms with Gasteiger partial charge in [-0.15, -0.1) is 23.2 Å². The number of benzene rings is 2. The largest absolute Gasteiger partial charge is 0.452 e. The Hall–Kier alpha value is -2.61. The third-order valence-electron chi connectivity index (χ3n) is 6.83. The summed E-state index contributed by atoms with van der Waals surface area (Å²) in [6, 6.07) is 12.6. The SMILES string of the molecule is O=C(COC(=O)c1ccc(N2C(=O)[C@@H]3[C@H]4C[C@@H]([C@H](Cl)[C@@H]4Cl)[C@@H]3C2=O)cc1)Nc1ccccc1Cl. The Morgan fingerprint density at radius 3 is 2.12 bits per heavy atom. The van der Waals surface area contributed by atoms with Crippen molar-refractivity contribution in [2.75, 3.05) is 16.8 Å². The number of hydrogen-bond acceptors (Lipinski definition) is 5. The highest BCUT2D eigenvalue weighted by molar-refractivity contribution is 6.34. The van der Waals surface area contributed by atoms with Crippen LogP contribution in [0.15, 0.2) is 48.5 Å². The van der Waals surface area contributed by atoms with E-state index in [2.05, 4.69) is 5.32 Å². The van der Waals surface area contributed by atoms with Crippen LogP contribution in [0.3, 0.4) is 0 Å². The number of anilines is 2. The van der Waals surface area contributed by atoms with E-state index in [1.54, 1.807) is 24.3 Å². The number of imide groups is 1. The highest BCUT2D eigenvalue weighted by Gasteiger charge is 2.66. The van der Waals surface area contributed by atoms with Crippen LogP contribution in [0, 0.1) is 23.7 Å². The molecule has 7 nitrogen and oxygen atoms in total. The lowest BCUT2D eigenvalue weighted by atomic mass is 9.80. The molecule has 1 aliphatic heterocycles. The van der Waals surface area contributed by atoms with Crippen molar-refractivity contribution in [3.05, 3.63) is 59.1 Å². The summed E-state index contributed by atoms with van der Waals surface area (Å²) >= 11 is 18.8. The summed E-state index contributed by atoms with van der Waals surface area (Å²) in [5.74, 6) is -2.91. The first-order chi connectivity index (χ1) is 16.3. The summed E-state index contributed by atoms with van der Waals surface area (Å²) in [6.07, 6.45) is 0.692. The number of halogens is 3. The fourth-order valence-electron chi connectivity index (χ4n) is 5.31. The Morgan fingerprint density at radius 2 is 1.53 bits per heavy atom. The normalized spacial score (nSPS) is 29.3. The number of fused-ring (bicyclic) bond motifs is 5.